The topological polar surface area (TPSA) is 63.9 Å². The molecule has 0 bridgehead atoms. The fourth-order valence-corrected chi connectivity index (χ4v) is 1.81. The van der Waals surface area contributed by atoms with Gasteiger partial charge < -0.3 is 15.5 Å². The van der Waals surface area contributed by atoms with Gasteiger partial charge in [0.15, 0.2) is 5.95 Å². The first-order chi connectivity index (χ1) is 8.70. The number of nitrogens with one attached hydrogen (secondary N) is 1. The second kappa shape index (κ2) is 5.58. The molecule has 0 amide bonds. The highest BCUT2D eigenvalue weighted by molar-refractivity contribution is 5.64. The smallest absolute Gasteiger partial charge is 0.198 e. The molecule has 1 heterocycles. The van der Waals surface area contributed by atoms with Crippen molar-refractivity contribution in [1.29, 1.82) is 0 Å². The van der Waals surface area contributed by atoms with Crippen LogP contribution in [0.3, 0.4) is 0 Å². The number of hydrogen-bond acceptors (Lipinski definition) is 3. The predicted molar refractivity (Wildman–Crippen MR) is 73.6 cm³/mol. The molecule has 0 saturated heterocycles. The Kier molecular flexibility index (Phi) is 3.87. The van der Waals surface area contributed by atoms with E-state index in [1.54, 1.807) is 0 Å². The molecule has 1 aromatic carbocycles. The maximum atomic E-state index is 5.64. The van der Waals surface area contributed by atoms with E-state index in [4.69, 9.17) is 10.5 Å². The Bertz CT molecular complexity index is 502. The van der Waals surface area contributed by atoms with E-state index in [1.165, 1.54) is 0 Å². The van der Waals surface area contributed by atoms with E-state index < -0.39 is 0 Å². The fourth-order valence-electron chi connectivity index (χ4n) is 1.81. The number of anilines is 1. The molecule has 4 nitrogen and oxygen atoms in total. The van der Waals surface area contributed by atoms with Crippen LogP contribution in [0.25, 0.3) is 11.3 Å². The molecule has 0 spiro atoms. The van der Waals surface area contributed by atoms with E-state index in [0.29, 0.717) is 5.95 Å². The van der Waals surface area contributed by atoms with E-state index in [0.717, 1.165) is 42.1 Å². The summed E-state index contributed by atoms with van der Waals surface area (Å²) in [7, 11) is 0. The molecule has 0 fully saturated rings. The number of nitrogens with zero attached hydrogens (tertiary/aromatic N) is 1. The van der Waals surface area contributed by atoms with Crippen LogP contribution in [0.15, 0.2) is 24.3 Å². The summed E-state index contributed by atoms with van der Waals surface area (Å²) >= 11 is 0. The van der Waals surface area contributed by atoms with Crippen molar-refractivity contribution in [3.05, 3.63) is 30.0 Å². The van der Waals surface area contributed by atoms with Gasteiger partial charge >= 0.3 is 0 Å². The van der Waals surface area contributed by atoms with Gasteiger partial charge in [-0.05, 0) is 37.6 Å². The summed E-state index contributed by atoms with van der Waals surface area (Å²) in [6.45, 7) is 4.88. The second-order valence-corrected chi connectivity index (χ2v) is 4.32. The monoisotopic (exact) mass is 245 g/mol. The lowest BCUT2D eigenvalue weighted by atomic mass is 10.1. The van der Waals surface area contributed by atoms with Crippen molar-refractivity contribution in [2.75, 3.05) is 12.3 Å². The third-order valence-electron chi connectivity index (χ3n) is 2.80. The number of H-pyrrole nitrogens is 1. The minimum absolute atomic E-state index is 0.450. The Balaban J connectivity index is 2.10. The fraction of sp³-hybridized carbons (Fsp3) is 0.357. The highest BCUT2D eigenvalue weighted by Crippen LogP contribution is 2.24. The highest BCUT2D eigenvalue weighted by Gasteiger charge is 2.07. The maximum absolute atomic E-state index is 5.64. The van der Waals surface area contributed by atoms with Crippen LogP contribution in [0.2, 0.25) is 0 Å². The number of rotatable bonds is 5. The number of aryl methyl sites for hydroxylation is 1. The lowest BCUT2D eigenvalue weighted by molar-refractivity contribution is 0.309. The van der Waals surface area contributed by atoms with E-state index >= 15 is 0 Å². The number of unbranched alkanes of at least 4 members (excludes halogenated alkanes) is 1. The molecule has 0 radical (unpaired) electrons. The van der Waals surface area contributed by atoms with Gasteiger partial charge in [-0.25, -0.2) is 4.98 Å². The number of nitrogens with two attached hydrogens (primary N) is 1. The number of nitrogen functional groups attached to an aromatic ring is 1. The number of benzene rings is 1. The summed E-state index contributed by atoms with van der Waals surface area (Å²) in [5, 5.41) is 0. The molecule has 96 valence electrons. The lowest BCUT2D eigenvalue weighted by Crippen LogP contribution is -1.96. The van der Waals surface area contributed by atoms with Crippen molar-refractivity contribution in [3.8, 4) is 17.0 Å². The first-order valence-corrected chi connectivity index (χ1v) is 6.26. The van der Waals surface area contributed by atoms with E-state index in [9.17, 15) is 0 Å². The summed E-state index contributed by atoms with van der Waals surface area (Å²) in [6.07, 6.45) is 2.22. The van der Waals surface area contributed by atoms with E-state index in [-0.39, 0.29) is 0 Å². The molecule has 0 unspecified atom stereocenters. The minimum atomic E-state index is 0.450. The van der Waals surface area contributed by atoms with Crippen LogP contribution in [-0.2, 0) is 0 Å². The Hall–Kier alpha value is -1.97. The van der Waals surface area contributed by atoms with Crippen LogP contribution in [0.5, 0.6) is 5.75 Å². The average Bonchev–Trinajstić information content (AvgIpc) is 2.70. The van der Waals surface area contributed by atoms with E-state index in [2.05, 4.69) is 16.9 Å². The zero-order valence-corrected chi connectivity index (χ0v) is 10.9. The largest absolute Gasteiger partial charge is 0.494 e. The average molecular weight is 245 g/mol. The molecule has 4 heteroatoms. The third-order valence-corrected chi connectivity index (χ3v) is 2.80. The predicted octanol–water partition coefficient (Wildman–Crippen LogP) is 3.15. The number of ether oxygens (including phenoxy) is 1. The Labute approximate surface area is 107 Å². The molecule has 0 aliphatic heterocycles. The van der Waals surface area contributed by atoms with Gasteiger partial charge in [0, 0.05) is 11.3 Å². The van der Waals surface area contributed by atoms with Crippen LogP contribution in [0, 0.1) is 6.92 Å². The van der Waals surface area contributed by atoms with Crippen LogP contribution in [-0.4, -0.2) is 16.6 Å². The van der Waals surface area contributed by atoms with Gasteiger partial charge in [-0.2, -0.15) is 0 Å². The van der Waals surface area contributed by atoms with Crippen LogP contribution >= 0.6 is 0 Å². The highest BCUT2D eigenvalue weighted by atomic mass is 16.5. The molecule has 18 heavy (non-hydrogen) atoms. The van der Waals surface area contributed by atoms with Crippen molar-refractivity contribution in [3.63, 3.8) is 0 Å². The van der Waals surface area contributed by atoms with Gasteiger partial charge in [-0.3, -0.25) is 0 Å². The lowest BCUT2D eigenvalue weighted by Gasteiger charge is -2.06. The molecule has 3 N–H and O–H groups in total. The zero-order valence-electron chi connectivity index (χ0n) is 10.9. The molecular weight excluding hydrogens is 226 g/mol. The van der Waals surface area contributed by atoms with Crippen molar-refractivity contribution in [1.82, 2.24) is 9.97 Å². The van der Waals surface area contributed by atoms with Gasteiger partial charge in [0.1, 0.15) is 5.75 Å². The standard InChI is InChI=1S/C14H19N3O/c1-3-4-9-18-12-7-5-11(6-8-12)13-10(2)16-14(15)17-13/h5-8H,3-4,9H2,1-2H3,(H3,15,16,17). The van der Waals surface area contributed by atoms with Gasteiger partial charge in [-0.1, -0.05) is 13.3 Å². The van der Waals surface area contributed by atoms with Crippen molar-refractivity contribution < 1.29 is 4.74 Å². The molecule has 2 aromatic rings. The van der Waals surface area contributed by atoms with Crippen LogP contribution in [0.1, 0.15) is 25.5 Å². The molecule has 1 aromatic heterocycles. The molecule has 0 aliphatic carbocycles. The van der Waals surface area contributed by atoms with Crippen molar-refractivity contribution >= 4 is 5.95 Å². The summed E-state index contributed by atoms with van der Waals surface area (Å²) in [5.74, 6) is 1.35. The molecular formula is C14H19N3O. The maximum Gasteiger partial charge on any atom is 0.198 e. The summed E-state index contributed by atoms with van der Waals surface area (Å²) in [5.41, 5.74) is 8.56. The SMILES string of the molecule is CCCCOc1ccc(-c2nc(N)[nH]c2C)cc1. The van der Waals surface area contributed by atoms with Gasteiger partial charge in [-0.15, -0.1) is 0 Å². The van der Waals surface area contributed by atoms with Gasteiger partial charge in [0.25, 0.3) is 0 Å². The third kappa shape index (κ3) is 2.83. The van der Waals surface area contributed by atoms with Crippen LogP contribution in [0.4, 0.5) is 5.95 Å². The number of aromatic amines is 1. The quantitative estimate of drug-likeness (QED) is 0.795. The molecule has 0 saturated carbocycles. The summed E-state index contributed by atoms with van der Waals surface area (Å²) in [6, 6.07) is 7.94. The number of aromatic nitrogens is 2. The Morgan fingerprint density at radius 3 is 2.56 bits per heavy atom. The van der Waals surface area contributed by atoms with Crippen molar-refractivity contribution in [2.24, 2.45) is 0 Å². The van der Waals surface area contributed by atoms with Crippen molar-refractivity contribution in [2.45, 2.75) is 26.7 Å². The van der Waals surface area contributed by atoms with Crippen LogP contribution < -0.4 is 10.5 Å². The zero-order chi connectivity index (χ0) is 13.0. The summed E-state index contributed by atoms with van der Waals surface area (Å²) < 4.78 is 5.62. The number of imidazole rings is 1. The molecule has 2 rings (SSSR count). The molecule has 0 atom stereocenters. The Morgan fingerprint density at radius 2 is 2.00 bits per heavy atom. The Morgan fingerprint density at radius 1 is 1.28 bits per heavy atom. The summed E-state index contributed by atoms with van der Waals surface area (Å²) in [4.78, 5) is 7.26. The first-order valence-electron chi connectivity index (χ1n) is 6.26. The van der Waals surface area contributed by atoms with E-state index in [1.807, 2.05) is 31.2 Å². The molecule has 0 aliphatic rings. The van der Waals surface area contributed by atoms with Gasteiger partial charge in [0.05, 0.1) is 12.3 Å². The second-order valence-electron chi connectivity index (χ2n) is 4.32. The minimum Gasteiger partial charge on any atom is -0.494 e. The number of hydrogen-bond donors (Lipinski definition) is 2. The van der Waals surface area contributed by atoms with Gasteiger partial charge in [0.2, 0.25) is 0 Å². The first kappa shape index (κ1) is 12.5. The normalized spacial score (nSPS) is 10.6.